The molecular formula is C14H20O2. The van der Waals surface area contributed by atoms with E-state index >= 15 is 0 Å². The molecule has 0 atom stereocenters. The Morgan fingerprint density at radius 1 is 1.25 bits per heavy atom. The fourth-order valence-electron chi connectivity index (χ4n) is 1.33. The van der Waals surface area contributed by atoms with Crippen molar-refractivity contribution >= 4 is 6.08 Å². The quantitative estimate of drug-likeness (QED) is 0.677. The first-order chi connectivity index (χ1) is 7.57. The van der Waals surface area contributed by atoms with Gasteiger partial charge in [0.1, 0.15) is 5.75 Å². The van der Waals surface area contributed by atoms with Crippen molar-refractivity contribution in [1.29, 1.82) is 0 Å². The second kappa shape index (κ2) is 5.71. The highest BCUT2D eigenvalue weighted by Gasteiger charge is 2.19. The van der Waals surface area contributed by atoms with E-state index < -0.39 is 5.79 Å². The molecule has 0 saturated heterocycles. The minimum Gasteiger partial charge on any atom is -0.463 e. The summed E-state index contributed by atoms with van der Waals surface area (Å²) in [5.74, 6) is 0.234. The maximum Gasteiger partial charge on any atom is 0.204 e. The first-order valence-electron chi connectivity index (χ1n) is 5.63. The highest BCUT2D eigenvalue weighted by molar-refractivity contribution is 5.48. The van der Waals surface area contributed by atoms with Crippen LogP contribution in [0.1, 0.15) is 32.8 Å². The molecular weight excluding hydrogens is 200 g/mol. The number of hydrogen-bond acceptors (Lipinski definition) is 2. The third-order valence-electron chi connectivity index (χ3n) is 2.13. The Labute approximate surface area is 97.9 Å². The van der Waals surface area contributed by atoms with Crippen molar-refractivity contribution in [2.75, 3.05) is 6.61 Å². The van der Waals surface area contributed by atoms with Crippen molar-refractivity contribution in [3.8, 4) is 5.75 Å². The number of rotatable bonds is 6. The minimum atomic E-state index is -0.578. The number of benzene rings is 1. The maximum absolute atomic E-state index is 5.75. The molecule has 88 valence electrons. The van der Waals surface area contributed by atoms with Crippen molar-refractivity contribution in [3.05, 3.63) is 36.4 Å². The minimum absolute atomic E-state index is 0.578. The van der Waals surface area contributed by atoms with Gasteiger partial charge in [0.05, 0.1) is 6.61 Å². The van der Waals surface area contributed by atoms with Crippen LogP contribution in [0, 0.1) is 0 Å². The van der Waals surface area contributed by atoms with Gasteiger partial charge in [-0.25, -0.2) is 0 Å². The highest BCUT2D eigenvalue weighted by Crippen LogP contribution is 2.20. The predicted octanol–water partition coefficient (Wildman–Crippen LogP) is 3.87. The summed E-state index contributed by atoms with van der Waals surface area (Å²) in [5, 5.41) is 0. The first-order valence-corrected chi connectivity index (χ1v) is 5.63. The van der Waals surface area contributed by atoms with Crippen molar-refractivity contribution in [3.63, 3.8) is 0 Å². The number of hydrogen-bond donors (Lipinski definition) is 0. The molecule has 0 unspecified atom stereocenters. The number of ether oxygens (including phenoxy) is 2. The van der Waals surface area contributed by atoms with Gasteiger partial charge in [0, 0.05) is 13.8 Å². The summed E-state index contributed by atoms with van der Waals surface area (Å²) in [5.41, 5.74) is 1.08. The van der Waals surface area contributed by atoms with Crippen LogP contribution < -0.4 is 4.74 Å². The summed E-state index contributed by atoms with van der Waals surface area (Å²) in [4.78, 5) is 0. The summed E-state index contributed by atoms with van der Waals surface area (Å²) in [6.45, 7) is 10.3. The molecule has 0 fully saturated rings. The van der Waals surface area contributed by atoms with Crippen LogP contribution in [0.15, 0.2) is 30.8 Å². The van der Waals surface area contributed by atoms with E-state index in [0.717, 1.165) is 17.7 Å². The average molecular weight is 220 g/mol. The molecule has 1 rings (SSSR count). The Morgan fingerprint density at radius 2 is 1.88 bits per heavy atom. The fourth-order valence-corrected chi connectivity index (χ4v) is 1.33. The molecule has 2 nitrogen and oxygen atoms in total. The summed E-state index contributed by atoms with van der Waals surface area (Å²) in [7, 11) is 0. The monoisotopic (exact) mass is 220 g/mol. The molecule has 0 aromatic heterocycles. The Balaban J connectivity index is 2.60. The van der Waals surface area contributed by atoms with Crippen molar-refractivity contribution in [2.45, 2.75) is 33.0 Å². The van der Waals surface area contributed by atoms with E-state index in [-0.39, 0.29) is 0 Å². The van der Waals surface area contributed by atoms with Crippen LogP contribution >= 0.6 is 0 Å². The van der Waals surface area contributed by atoms with E-state index in [1.54, 1.807) is 0 Å². The standard InChI is InChI=1S/C14H20O2/c1-5-11-15-14(3,4)16-13-9-7-12(6-2)8-10-13/h6-10H,2,5,11H2,1,3-4H3. The average Bonchev–Trinajstić information content (AvgIpc) is 2.27. The molecule has 16 heavy (non-hydrogen) atoms. The van der Waals surface area contributed by atoms with Crippen LogP contribution in [-0.4, -0.2) is 12.4 Å². The summed E-state index contributed by atoms with van der Waals surface area (Å²) < 4.78 is 11.3. The van der Waals surface area contributed by atoms with E-state index in [4.69, 9.17) is 9.47 Å². The molecule has 2 heteroatoms. The molecule has 0 N–H and O–H groups in total. The predicted molar refractivity (Wildman–Crippen MR) is 67.5 cm³/mol. The van der Waals surface area contributed by atoms with E-state index in [1.807, 2.05) is 44.2 Å². The summed E-state index contributed by atoms with van der Waals surface area (Å²) in [6, 6.07) is 7.79. The van der Waals surface area contributed by atoms with Crippen molar-refractivity contribution in [2.24, 2.45) is 0 Å². The van der Waals surface area contributed by atoms with Gasteiger partial charge in [-0.05, 0) is 24.1 Å². The Morgan fingerprint density at radius 3 is 2.38 bits per heavy atom. The van der Waals surface area contributed by atoms with Gasteiger partial charge in [-0.1, -0.05) is 31.7 Å². The zero-order valence-corrected chi connectivity index (χ0v) is 10.3. The largest absolute Gasteiger partial charge is 0.463 e. The summed E-state index contributed by atoms with van der Waals surface area (Å²) >= 11 is 0. The maximum atomic E-state index is 5.75. The second-order valence-corrected chi connectivity index (χ2v) is 4.12. The molecule has 0 spiro atoms. The Hall–Kier alpha value is -1.28. The van der Waals surface area contributed by atoms with Gasteiger partial charge in [-0.3, -0.25) is 0 Å². The lowest BCUT2D eigenvalue weighted by Crippen LogP contribution is -2.32. The lowest BCUT2D eigenvalue weighted by Gasteiger charge is -2.26. The smallest absolute Gasteiger partial charge is 0.204 e. The van der Waals surface area contributed by atoms with Gasteiger partial charge in [0.15, 0.2) is 0 Å². The van der Waals surface area contributed by atoms with Gasteiger partial charge in [0.25, 0.3) is 0 Å². The van der Waals surface area contributed by atoms with Crippen LogP contribution in [0.25, 0.3) is 6.08 Å². The summed E-state index contributed by atoms with van der Waals surface area (Å²) in [6.07, 6.45) is 2.80. The van der Waals surface area contributed by atoms with Crippen LogP contribution in [-0.2, 0) is 4.74 Å². The van der Waals surface area contributed by atoms with E-state index in [0.29, 0.717) is 6.61 Å². The van der Waals surface area contributed by atoms with Gasteiger partial charge < -0.3 is 9.47 Å². The van der Waals surface area contributed by atoms with Gasteiger partial charge >= 0.3 is 0 Å². The van der Waals surface area contributed by atoms with E-state index in [9.17, 15) is 0 Å². The zero-order chi connectivity index (χ0) is 12.0. The molecule has 1 aromatic rings. The van der Waals surface area contributed by atoms with Crippen LogP contribution in [0.5, 0.6) is 5.75 Å². The van der Waals surface area contributed by atoms with E-state index in [1.165, 1.54) is 0 Å². The third kappa shape index (κ3) is 4.07. The SMILES string of the molecule is C=Cc1ccc(OC(C)(C)OCCC)cc1. The molecule has 0 bridgehead atoms. The molecule has 0 saturated carbocycles. The molecule has 0 heterocycles. The third-order valence-corrected chi connectivity index (χ3v) is 2.13. The molecule has 1 aromatic carbocycles. The topological polar surface area (TPSA) is 18.5 Å². The Kier molecular flexibility index (Phi) is 4.56. The van der Waals surface area contributed by atoms with Crippen molar-refractivity contribution in [1.82, 2.24) is 0 Å². The second-order valence-electron chi connectivity index (χ2n) is 4.12. The van der Waals surface area contributed by atoms with Gasteiger partial charge in [-0.2, -0.15) is 0 Å². The molecule has 0 aliphatic heterocycles. The molecule has 0 aliphatic carbocycles. The van der Waals surface area contributed by atoms with Crippen LogP contribution in [0.4, 0.5) is 0 Å². The lowest BCUT2D eigenvalue weighted by atomic mass is 10.2. The molecule has 0 aliphatic rings. The van der Waals surface area contributed by atoms with Crippen LogP contribution in [0.2, 0.25) is 0 Å². The molecule has 0 radical (unpaired) electrons. The van der Waals surface area contributed by atoms with Gasteiger partial charge in [-0.15, -0.1) is 0 Å². The highest BCUT2D eigenvalue weighted by atomic mass is 16.7. The first kappa shape index (κ1) is 12.8. The van der Waals surface area contributed by atoms with Crippen molar-refractivity contribution < 1.29 is 9.47 Å². The zero-order valence-electron chi connectivity index (χ0n) is 10.3. The Bertz CT molecular complexity index is 325. The van der Waals surface area contributed by atoms with Gasteiger partial charge in [0.2, 0.25) is 5.79 Å². The molecule has 0 amide bonds. The fraction of sp³-hybridized carbons (Fsp3) is 0.429. The lowest BCUT2D eigenvalue weighted by molar-refractivity contribution is -0.156. The normalized spacial score (nSPS) is 11.2. The van der Waals surface area contributed by atoms with Crippen LogP contribution in [0.3, 0.4) is 0 Å². The van der Waals surface area contributed by atoms with E-state index in [2.05, 4.69) is 13.5 Å².